The average molecular weight is 435 g/mol. The number of carbonyl (C=O) groups is 1. The van der Waals surface area contributed by atoms with Crippen molar-refractivity contribution in [2.45, 2.75) is 78.4 Å². The van der Waals surface area contributed by atoms with Crippen LogP contribution in [0, 0.1) is 12.3 Å². The van der Waals surface area contributed by atoms with E-state index in [9.17, 15) is 4.79 Å². The zero-order valence-corrected chi connectivity index (χ0v) is 19.8. The van der Waals surface area contributed by atoms with Gasteiger partial charge in [0.15, 0.2) is 0 Å². The number of hydrogen-bond donors (Lipinski definition) is 2. The minimum atomic E-state index is -0.538. The number of amides is 1. The predicted molar refractivity (Wildman–Crippen MR) is 128 cm³/mol. The molecule has 1 aliphatic carbocycles. The number of ether oxygens (including phenoxy) is 1. The molecule has 0 bridgehead atoms. The Bertz CT molecular complexity index is 1020. The number of hydrogen-bond acceptors (Lipinski definition) is 5. The Balaban J connectivity index is 1.85. The van der Waals surface area contributed by atoms with Gasteiger partial charge in [-0.2, -0.15) is 0 Å². The number of fused-ring (bicyclic) bond motifs is 1. The van der Waals surface area contributed by atoms with E-state index >= 15 is 0 Å². The van der Waals surface area contributed by atoms with Crippen LogP contribution in [-0.4, -0.2) is 27.4 Å². The highest BCUT2D eigenvalue weighted by atomic mass is 16.6. The highest BCUT2D eigenvalue weighted by Gasteiger charge is 2.22. The molecule has 0 fully saturated rings. The molecule has 0 saturated carbocycles. The molecule has 0 radical (unpaired) electrons. The quantitative estimate of drug-likeness (QED) is 0.585. The van der Waals surface area contributed by atoms with Crippen molar-refractivity contribution in [1.29, 1.82) is 5.41 Å². The van der Waals surface area contributed by atoms with Crippen molar-refractivity contribution in [1.82, 2.24) is 15.3 Å². The van der Waals surface area contributed by atoms with Crippen molar-refractivity contribution in [3.05, 3.63) is 64.7 Å². The van der Waals surface area contributed by atoms with Crippen LogP contribution >= 0.6 is 0 Å². The first-order valence-corrected chi connectivity index (χ1v) is 11.3. The van der Waals surface area contributed by atoms with Crippen LogP contribution in [0.15, 0.2) is 36.5 Å². The SMILES string of the molecule is CC(=N)c1ncc(/C2=C/CC[C@H](NC(=O)OC(C)(C)C)c3ccccc3CCC2)nc1C. The van der Waals surface area contributed by atoms with E-state index in [0.29, 0.717) is 11.4 Å². The lowest BCUT2D eigenvalue weighted by Crippen LogP contribution is -2.35. The van der Waals surface area contributed by atoms with E-state index in [2.05, 4.69) is 34.6 Å². The molecular weight excluding hydrogens is 400 g/mol. The molecule has 6 nitrogen and oxygen atoms in total. The number of allylic oxidation sites excluding steroid dienone is 2. The van der Waals surface area contributed by atoms with Crippen LogP contribution in [0.5, 0.6) is 0 Å². The minimum Gasteiger partial charge on any atom is -0.444 e. The number of carbonyl (C=O) groups excluding carboxylic acids is 1. The zero-order chi connectivity index (χ0) is 23.3. The van der Waals surface area contributed by atoms with Crippen molar-refractivity contribution < 1.29 is 9.53 Å². The van der Waals surface area contributed by atoms with E-state index in [1.807, 2.05) is 33.8 Å². The third-order valence-corrected chi connectivity index (χ3v) is 5.49. The molecule has 0 aliphatic heterocycles. The van der Waals surface area contributed by atoms with Crippen molar-refractivity contribution in [2.24, 2.45) is 0 Å². The van der Waals surface area contributed by atoms with Gasteiger partial charge in [0, 0.05) is 0 Å². The van der Waals surface area contributed by atoms with Gasteiger partial charge in [0.1, 0.15) is 11.3 Å². The maximum absolute atomic E-state index is 12.5. The normalized spacial score (nSPS) is 18.7. The Kier molecular flexibility index (Phi) is 7.44. The molecule has 3 rings (SSSR count). The third kappa shape index (κ3) is 6.25. The van der Waals surface area contributed by atoms with Crippen LogP contribution in [0.4, 0.5) is 4.79 Å². The van der Waals surface area contributed by atoms with E-state index in [4.69, 9.17) is 15.1 Å². The molecule has 170 valence electrons. The van der Waals surface area contributed by atoms with Crippen LogP contribution in [0.2, 0.25) is 0 Å². The molecule has 2 N–H and O–H groups in total. The molecular formula is C26H34N4O2. The number of rotatable bonds is 3. The molecule has 1 atom stereocenters. The molecule has 1 aliphatic rings. The average Bonchev–Trinajstić information content (AvgIpc) is 2.70. The lowest BCUT2D eigenvalue weighted by molar-refractivity contribution is 0.0501. The molecule has 0 spiro atoms. The zero-order valence-electron chi connectivity index (χ0n) is 19.8. The van der Waals surface area contributed by atoms with Gasteiger partial charge in [-0.3, -0.25) is 4.98 Å². The summed E-state index contributed by atoms with van der Waals surface area (Å²) >= 11 is 0. The second-order valence-corrected chi connectivity index (χ2v) is 9.37. The topological polar surface area (TPSA) is 88.0 Å². The maximum atomic E-state index is 12.5. The van der Waals surface area contributed by atoms with Gasteiger partial charge < -0.3 is 15.5 Å². The monoisotopic (exact) mass is 434 g/mol. The molecule has 32 heavy (non-hydrogen) atoms. The number of nitrogens with one attached hydrogen (secondary N) is 2. The van der Waals surface area contributed by atoms with Gasteiger partial charge in [-0.25, -0.2) is 9.78 Å². The Morgan fingerprint density at radius 1 is 1.22 bits per heavy atom. The van der Waals surface area contributed by atoms with Crippen molar-refractivity contribution in [3.63, 3.8) is 0 Å². The molecule has 6 heteroatoms. The first-order valence-electron chi connectivity index (χ1n) is 11.3. The molecule has 1 amide bonds. The fourth-order valence-electron chi connectivity index (χ4n) is 4.09. The van der Waals surface area contributed by atoms with E-state index in [1.165, 1.54) is 11.1 Å². The summed E-state index contributed by atoms with van der Waals surface area (Å²) < 4.78 is 5.52. The third-order valence-electron chi connectivity index (χ3n) is 5.49. The number of nitrogens with zero attached hydrogens (tertiary/aromatic N) is 2. The summed E-state index contributed by atoms with van der Waals surface area (Å²) in [5, 5.41) is 10.9. The van der Waals surface area contributed by atoms with Gasteiger partial charge in [0.25, 0.3) is 0 Å². The fraction of sp³-hybridized carbons (Fsp3) is 0.462. The Labute approximate surface area is 191 Å². The largest absolute Gasteiger partial charge is 0.444 e. The summed E-state index contributed by atoms with van der Waals surface area (Å²) in [6.45, 7) is 9.25. The molecule has 1 aromatic carbocycles. The lowest BCUT2D eigenvalue weighted by atomic mass is 9.90. The first-order chi connectivity index (χ1) is 15.1. The molecule has 0 saturated heterocycles. The smallest absolute Gasteiger partial charge is 0.408 e. The van der Waals surface area contributed by atoms with Crippen LogP contribution in [-0.2, 0) is 11.2 Å². The Morgan fingerprint density at radius 3 is 2.66 bits per heavy atom. The Hall–Kier alpha value is -3.02. The van der Waals surface area contributed by atoms with Gasteiger partial charge in [-0.05, 0) is 83.4 Å². The molecule has 2 aromatic rings. The standard InChI is InChI=1S/C26H34N4O2/c1-17(27)24-18(2)29-23(16-28-24)20-12-8-11-19-10-6-7-14-21(19)22(15-9-13-20)30-25(31)32-26(3,4)5/h6-7,10,13-14,16,22,27H,8-9,11-12,15H2,1-5H3,(H,30,31)/b20-13+,27-17?/t22-/m0/s1. The summed E-state index contributed by atoms with van der Waals surface area (Å²) in [4.78, 5) is 21.7. The number of aryl methyl sites for hydroxylation is 2. The van der Waals surface area contributed by atoms with Gasteiger partial charge in [0.05, 0.1) is 29.3 Å². The van der Waals surface area contributed by atoms with E-state index in [1.54, 1.807) is 13.1 Å². The predicted octanol–water partition coefficient (Wildman–Crippen LogP) is 5.94. The summed E-state index contributed by atoms with van der Waals surface area (Å²) in [5.41, 5.74) is 5.78. The summed E-state index contributed by atoms with van der Waals surface area (Å²) in [7, 11) is 0. The highest BCUT2D eigenvalue weighted by Crippen LogP contribution is 2.29. The van der Waals surface area contributed by atoms with Crippen LogP contribution < -0.4 is 5.32 Å². The van der Waals surface area contributed by atoms with Crippen molar-refractivity contribution in [3.8, 4) is 0 Å². The second kappa shape index (κ2) is 10.1. The van der Waals surface area contributed by atoms with Gasteiger partial charge >= 0.3 is 6.09 Å². The molecule has 1 aromatic heterocycles. The van der Waals surface area contributed by atoms with E-state index in [-0.39, 0.29) is 6.04 Å². The number of benzene rings is 1. The van der Waals surface area contributed by atoms with Crippen molar-refractivity contribution in [2.75, 3.05) is 0 Å². The van der Waals surface area contributed by atoms with E-state index < -0.39 is 11.7 Å². The first kappa shape index (κ1) is 23.6. The Morgan fingerprint density at radius 2 is 1.97 bits per heavy atom. The van der Waals surface area contributed by atoms with Gasteiger partial charge in [0.2, 0.25) is 0 Å². The van der Waals surface area contributed by atoms with E-state index in [0.717, 1.165) is 49.1 Å². The lowest BCUT2D eigenvalue weighted by Gasteiger charge is -2.26. The van der Waals surface area contributed by atoms with Gasteiger partial charge in [-0.15, -0.1) is 0 Å². The summed E-state index contributed by atoms with van der Waals surface area (Å²) in [5.74, 6) is 0. The summed E-state index contributed by atoms with van der Waals surface area (Å²) in [6, 6.07) is 8.22. The van der Waals surface area contributed by atoms with Gasteiger partial charge in [-0.1, -0.05) is 30.3 Å². The number of aromatic nitrogens is 2. The maximum Gasteiger partial charge on any atom is 0.408 e. The van der Waals surface area contributed by atoms with Crippen LogP contribution in [0.1, 0.15) is 87.6 Å². The minimum absolute atomic E-state index is 0.118. The van der Waals surface area contributed by atoms with Crippen LogP contribution in [0.25, 0.3) is 5.57 Å². The van der Waals surface area contributed by atoms with Crippen molar-refractivity contribution >= 4 is 17.4 Å². The summed E-state index contributed by atoms with van der Waals surface area (Å²) in [6.07, 6.45) is 7.99. The highest BCUT2D eigenvalue weighted by molar-refractivity contribution is 5.95. The van der Waals surface area contributed by atoms with Crippen LogP contribution in [0.3, 0.4) is 0 Å². The fourth-order valence-corrected chi connectivity index (χ4v) is 4.09. The number of alkyl carbamates (subject to hydrolysis) is 1. The second-order valence-electron chi connectivity index (χ2n) is 9.37. The molecule has 0 unspecified atom stereocenters. The molecule has 1 heterocycles.